The van der Waals surface area contributed by atoms with Crippen LogP contribution >= 0.6 is 0 Å². The van der Waals surface area contributed by atoms with Gasteiger partial charge in [-0.1, -0.05) is 5.57 Å². The summed E-state index contributed by atoms with van der Waals surface area (Å²) >= 11 is 0. The number of carbonyl (C=O) groups excluding carboxylic acids is 2. The first-order chi connectivity index (χ1) is 11.6. The molecule has 9 heteroatoms. The maximum atomic E-state index is 13.4. The quantitative estimate of drug-likeness (QED) is 0.243. The largest absolute Gasteiger partial charge is 0.461 e. The van der Waals surface area contributed by atoms with E-state index in [1.165, 1.54) is 0 Å². The summed E-state index contributed by atoms with van der Waals surface area (Å²) in [5.74, 6) is -12.5. The Balaban J connectivity index is 2.55. The number of benzene rings is 1. The fourth-order valence-electron chi connectivity index (χ4n) is 1.58. The molecule has 0 N–H and O–H groups in total. The number of hydrogen-bond donors (Lipinski definition) is 0. The molecule has 0 radical (unpaired) electrons. The first kappa shape index (κ1) is 20.6. The predicted molar refractivity (Wildman–Crippen MR) is 75.7 cm³/mol. The molecule has 1 aromatic rings. The van der Waals surface area contributed by atoms with Crippen LogP contribution in [0.15, 0.2) is 11.6 Å². The molecule has 1 aromatic carbocycles. The molecule has 0 saturated heterocycles. The van der Waals surface area contributed by atoms with Crippen molar-refractivity contribution >= 4 is 11.9 Å². The van der Waals surface area contributed by atoms with E-state index in [-0.39, 0.29) is 13.0 Å². The molecule has 0 bridgehead atoms. The Morgan fingerprint density at radius 3 is 1.72 bits per heavy atom. The molecule has 0 spiro atoms. The molecule has 0 unspecified atom stereocenters. The average Bonchev–Trinajstić information content (AvgIpc) is 2.56. The number of esters is 2. The Bertz CT molecular complexity index is 667. The van der Waals surface area contributed by atoms with Crippen LogP contribution < -0.4 is 0 Å². The Labute approximate surface area is 140 Å². The van der Waals surface area contributed by atoms with Crippen LogP contribution in [-0.4, -0.2) is 18.5 Å². The van der Waals surface area contributed by atoms with Crippen LogP contribution in [0, 0.1) is 29.1 Å². The van der Waals surface area contributed by atoms with E-state index in [4.69, 9.17) is 4.74 Å². The molecular formula is C16H15F5O4. The van der Waals surface area contributed by atoms with Crippen molar-refractivity contribution in [1.82, 2.24) is 0 Å². The molecule has 0 fully saturated rings. The van der Waals surface area contributed by atoms with Crippen LogP contribution in [0.2, 0.25) is 0 Å². The summed E-state index contributed by atoms with van der Waals surface area (Å²) < 4.78 is 74.8. The highest BCUT2D eigenvalue weighted by Crippen LogP contribution is 2.23. The van der Waals surface area contributed by atoms with Gasteiger partial charge >= 0.3 is 11.9 Å². The summed E-state index contributed by atoms with van der Waals surface area (Å²) in [5.41, 5.74) is -0.342. The molecule has 0 aliphatic rings. The molecule has 0 heterocycles. The van der Waals surface area contributed by atoms with Crippen molar-refractivity contribution in [3.63, 3.8) is 0 Å². The highest BCUT2D eigenvalue weighted by Gasteiger charge is 2.26. The van der Waals surface area contributed by atoms with Crippen molar-refractivity contribution in [2.45, 2.75) is 33.3 Å². The Morgan fingerprint density at radius 2 is 1.24 bits per heavy atom. The average molecular weight is 366 g/mol. The lowest BCUT2D eigenvalue weighted by Gasteiger charge is -2.09. The normalized spacial score (nSPS) is 10.4. The molecule has 0 aromatic heterocycles. The van der Waals surface area contributed by atoms with Gasteiger partial charge in [-0.2, -0.15) is 0 Å². The fourth-order valence-corrected chi connectivity index (χ4v) is 1.58. The predicted octanol–water partition coefficient (Wildman–Crippen LogP) is 3.71. The first-order valence-electron chi connectivity index (χ1n) is 7.10. The van der Waals surface area contributed by atoms with Crippen molar-refractivity contribution in [3.05, 3.63) is 46.3 Å². The van der Waals surface area contributed by atoms with Crippen LogP contribution in [-0.2, 0) is 25.7 Å². The monoisotopic (exact) mass is 366 g/mol. The first-order valence-corrected chi connectivity index (χ1v) is 7.10. The molecule has 138 valence electrons. The Morgan fingerprint density at radius 1 is 0.800 bits per heavy atom. The van der Waals surface area contributed by atoms with Crippen LogP contribution in [0.5, 0.6) is 0 Å². The van der Waals surface area contributed by atoms with E-state index >= 15 is 0 Å². The minimum absolute atomic E-state index is 0.0285. The van der Waals surface area contributed by atoms with Gasteiger partial charge in [-0.3, -0.25) is 9.59 Å². The SMILES string of the molecule is CC(C)=CCOC(=O)CCC(=O)OCc1c(F)c(F)c(F)c(F)c1F. The van der Waals surface area contributed by atoms with Crippen molar-refractivity contribution < 1.29 is 41.0 Å². The van der Waals surface area contributed by atoms with Gasteiger partial charge in [0.2, 0.25) is 5.82 Å². The second-order valence-electron chi connectivity index (χ2n) is 5.17. The maximum Gasteiger partial charge on any atom is 0.306 e. The summed E-state index contributed by atoms with van der Waals surface area (Å²) in [6.45, 7) is 2.47. The second kappa shape index (κ2) is 9.14. The third kappa shape index (κ3) is 5.84. The molecule has 0 aliphatic heterocycles. The lowest BCUT2D eigenvalue weighted by atomic mass is 10.2. The number of hydrogen-bond acceptors (Lipinski definition) is 4. The van der Waals surface area contributed by atoms with Gasteiger partial charge in [-0.05, 0) is 19.9 Å². The van der Waals surface area contributed by atoms with Crippen molar-refractivity contribution in [3.8, 4) is 0 Å². The van der Waals surface area contributed by atoms with Crippen LogP contribution in [0.4, 0.5) is 22.0 Å². The van der Waals surface area contributed by atoms with Gasteiger partial charge in [0, 0.05) is 0 Å². The zero-order valence-electron chi connectivity index (χ0n) is 13.4. The van der Waals surface area contributed by atoms with E-state index in [0.717, 1.165) is 5.57 Å². The smallest absolute Gasteiger partial charge is 0.306 e. The van der Waals surface area contributed by atoms with Gasteiger partial charge < -0.3 is 9.47 Å². The van der Waals surface area contributed by atoms with E-state index < -0.39 is 59.6 Å². The number of carbonyl (C=O) groups is 2. The lowest BCUT2D eigenvalue weighted by molar-refractivity contribution is -0.150. The van der Waals surface area contributed by atoms with Crippen LogP contribution in [0.3, 0.4) is 0 Å². The molecule has 4 nitrogen and oxygen atoms in total. The highest BCUT2D eigenvalue weighted by atomic mass is 19.2. The number of rotatable bonds is 7. The topological polar surface area (TPSA) is 52.6 Å². The van der Waals surface area contributed by atoms with Gasteiger partial charge in [0.15, 0.2) is 23.3 Å². The third-order valence-corrected chi connectivity index (χ3v) is 2.95. The number of halogens is 5. The van der Waals surface area contributed by atoms with E-state index in [9.17, 15) is 31.5 Å². The molecule has 0 amide bonds. The molecule has 0 saturated carbocycles. The second-order valence-corrected chi connectivity index (χ2v) is 5.17. The molecule has 0 atom stereocenters. The Hall–Kier alpha value is -2.45. The van der Waals surface area contributed by atoms with E-state index in [0.29, 0.717) is 0 Å². The number of allylic oxidation sites excluding steroid dienone is 1. The minimum Gasteiger partial charge on any atom is -0.461 e. The molecule has 25 heavy (non-hydrogen) atoms. The van der Waals surface area contributed by atoms with E-state index in [1.807, 2.05) is 0 Å². The summed E-state index contributed by atoms with van der Waals surface area (Å²) in [6.07, 6.45) is 0.814. The van der Waals surface area contributed by atoms with Gasteiger partial charge in [0.05, 0.1) is 18.4 Å². The summed E-state index contributed by atoms with van der Waals surface area (Å²) in [6, 6.07) is 0. The standard InChI is InChI=1S/C16H15F5O4/c1-8(2)5-6-24-10(22)3-4-11(23)25-7-9-12(17)14(19)16(21)15(20)13(9)18/h5H,3-4,6-7H2,1-2H3. The van der Waals surface area contributed by atoms with Crippen molar-refractivity contribution in [2.24, 2.45) is 0 Å². The zero-order chi connectivity index (χ0) is 19.1. The highest BCUT2D eigenvalue weighted by molar-refractivity contribution is 5.77. The molecular weight excluding hydrogens is 351 g/mol. The summed E-state index contributed by atoms with van der Waals surface area (Å²) in [7, 11) is 0. The Kier molecular flexibility index (Phi) is 7.53. The van der Waals surface area contributed by atoms with Gasteiger partial charge in [-0.25, -0.2) is 22.0 Å². The molecule has 1 rings (SSSR count). The fraction of sp³-hybridized carbons (Fsp3) is 0.375. The number of ether oxygens (including phenoxy) is 2. The van der Waals surface area contributed by atoms with Gasteiger partial charge in [0.25, 0.3) is 0 Å². The van der Waals surface area contributed by atoms with Crippen molar-refractivity contribution in [1.29, 1.82) is 0 Å². The lowest BCUT2D eigenvalue weighted by Crippen LogP contribution is -2.13. The zero-order valence-corrected chi connectivity index (χ0v) is 13.4. The van der Waals surface area contributed by atoms with Gasteiger partial charge in [-0.15, -0.1) is 0 Å². The van der Waals surface area contributed by atoms with E-state index in [2.05, 4.69) is 4.74 Å². The van der Waals surface area contributed by atoms with Crippen LogP contribution in [0.1, 0.15) is 32.3 Å². The maximum absolute atomic E-state index is 13.4. The summed E-state index contributed by atoms with van der Waals surface area (Å²) in [4.78, 5) is 22.7. The van der Waals surface area contributed by atoms with Crippen molar-refractivity contribution in [2.75, 3.05) is 6.61 Å². The minimum atomic E-state index is -2.30. The van der Waals surface area contributed by atoms with E-state index in [1.54, 1.807) is 19.9 Å². The molecule has 0 aliphatic carbocycles. The summed E-state index contributed by atoms with van der Waals surface area (Å²) in [5, 5.41) is 0. The van der Waals surface area contributed by atoms with Crippen LogP contribution in [0.25, 0.3) is 0 Å². The van der Waals surface area contributed by atoms with Gasteiger partial charge in [0.1, 0.15) is 13.2 Å². The third-order valence-electron chi connectivity index (χ3n) is 2.95.